The van der Waals surface area contributed by atoms with Crippen molar-refractivity contribution < 1.29 is 13.2 Å². The molecule has 1 aromatic heterocycles. The predicted molar refractivity (Wildman–Crippen MR) is 49.5 cm³/mol. The molecule has 1 rings (SSSR count). The third-order valence-electron chi connectivity index (χ3n) is 1.58. The van der Waals surface area contributed by atoms with Gasteiger partial charge in [0, 0.05) is 5.03 Å². The number of hydrogen-bond acceptors (Lipinski definition) is 2. The number of aryl methyl sites for hydroxylation is 1. The molecule has 7 heteroatoms. The van der Waals surface area contributed by atoms with Gasteiger partial charge in [-0.15, -0.1) is 0 Å². The molecule has 0 amide bonds. The first-order chi connectivity index (χ1) is 6.73. The van der Waals surface area contributed by atoms with E-state index < -0.39 is 28.0 Å². The minimum atomic E-state index is -4.73. The Morgan fingerprint density at radius 2 is 2.07 bits per heavy atom. The van der Waals surface area contributed by atoms with Crippen molar-refractivity contribution in [1.29, 1.82) is 0 Å². The number of halogens is 4. The average molecular weight is 239 g/mol. The summed E-state index contributed by atoms with van der Waals surface area (Å²) in [4.78, 5) is 16.5. The van der Waals surface area contributed by atoms with Gasteiger partial charge in [0.25, 0.3) is 5.56 Å². The SMILES string of the molecule is C=C(Cl)c1c(C(F)(F)F)nc(C)[nH]c1=O. The van der Waals surface area contributed by atoms with Crippen LogP contribution >= 0.6 is 11.6 Å². The van der Waals surface area contributed by atoms with Crippen LogP contribution in [0.2, 0.25) is 0 Å². The van der Waals surface area contributed by atoms with E-state index in [2.05, 4.69) is 16.5 Å². The Labute approximate surface area is 87.6 Å². The lowest BCUT2D eigenvalue weighted by atomic mass is 10.2. The van der Waals surface area contributed by atoms with Gasteiger partial charge >= 0.3 is 6.18 Å². The molecule has 0 bridgehead atoms. The van der Waals surface area contributed by atoms with E-state index in [4.69, 9.17) is 11.6 Å². The maximum Gasteiger partial charge on any atom is 0.434 e. The molecular weight excluding hydrogens is 233 g/mol. The number of nitrogens with zero attached hydrogens (tertiary/aromatic N) is 1. The van der Waals surface area contributed by atoms with Crippen molar-refractivity contribution in [1.82, 2.24) is 9.97 Å². The van der Waals surface area contributed by atoms with E-state index >= 15 is 0 Å². The summed E-state index contributed by atoms with van der Waals surface area (Å²) in [6.07, 6.45) is -4.73. The lowest BCUT2D eigenvalue weighted by Gasteiger charge is -2.10. The molecule has 0 atom stereocenters. The molecule has 0 fully saturated rings. The van der Waals surface area contributed by atoms with Crippen molar-refractivity contribution in [3.63, 3.8) is 0 Å². The third kappa shape index (κ3) is 2.38. The van der Waals surface area contributed by atoms with Crippen LogP contribution in [0.5, 0.6) is 0 Å². The molecule has 0 unspecified atom stereocenters. The van der Waals surface area contributed by atoms with Crippen molar-refractivity contribution in [3.8, 4) is 0 Å². The highest BCUT2D eigenvalue weighted by atomic mass is 35.5. The maximum absolute atomic E-state index is 12.5. The van der Waals surface area contributed by atoms with Gasteiger partial charge < -0.3 is 4.98 Å². The van der Waals surface area contributed by atoms with Gasteiger partial charge in [0.2, 0.25) is 0 Å². The van der Waals surface area contributed by atoms with Crippen LogP contribution in [-0.4, -0.2) is 9.97 Å². The topological polar surface area (TPSA) is 45.8 Å². The standard InChI is InChI=1S/C8H6ClF3N2O/c1-3(9)5-6(8(10,11)12)13-4(2)14-7(5)15/h1H2,2H3,(H,13,14,15). The molecule has 3 nitrogen and oxygen atoms in total. The Morgan fingerprint density at radius 3 is 2.47 bits per heavy atom. The van der Waals surface area contributed by atoms with E-state index in [1.54, 1.807) is 0 Å². The second-order valence-corrected chi connectivity index (χ2v) is 3.23. The summed E-state index contributed by atoms with van der Waals surface area (Å²) < 4.78 is 37.4. The first-order valence-corrected chi connectivity index (χ1v) is 4.14. The molecule has 0 aliphatic heterocycles. The number of nitrogens with one attached hydrogen (secondary N) is 1. The number of hydrogen-bond donors (Lipinski definition) is 1. The zero-order valence-electron chi connectivity index (χ0n) is 7.57. The smallest absolute Gasteiger partial charge is 0.310 e. The minimum absolute atomic E-state index is 0.131. The molecule has 1 aromatic rings. The number of rotatable bonds is 1. The monoisotopic (exact) mass is 238 g/mol. The molecule has 0 aliphatic carbocycles. The third-order valence-corrected chi connectivity index (χ3v) is 1.77. The van der Waals surface area contributed by atoms with Gasteiger partial charge in [-0.3, -0.25) is 4.79 Å². The Hall–Kier alpha value is -1.30. The first kappa shape index (κ1) is 11.8. The normalized spacial score (nSPS) is 11.5. The lowest BCUT2D eigenvalue weighted by Crippen LogP contribution is -2.23. The summed E-state index contributed by atoms with van der Waals surface area (Å²) in [5.74, 6) is -0.131. The Bertz CT molecular complexity index is 464. The molecule has 0 saturated heterocycles. The van der Waals surface area contributed by atoms with Crippen molar-refractivity contribution in [2.75, 3.05) is 0 Å². The molecule has 1 heterocycles. The second kappa shape index (κ2) is 3.69. The molecule has 82 valence electrons. The zero-order valence-corrected chi connectivity index (χ0v) is 8.33. The van der Waals surface area contributed by atoms with E-state index in [0.29, 0.717) is 0 Å². The Balaban J connectivity index is 3.62. The highest BCUT2D eigenvalue weighted by molar-refractivity contribution is 6.48. The van der Waals surface area contributed by atoms with Gasteiger partial charge in [-0.2, -0.15) is 13.2 Å². The first-order valence-electron chi connectivity index (χ1n) is 3.76. The van der Waals surface area contributed by atoms with Crippen LogP contribution in [0, 0.1) is 6.92 Å². The van der Waals surface area contributed by atoms with Crippen LogP contribution in [0.25, 0.3) is 5.03 Å². The molecule has 0 radical (unpaired) electrons. The van der Waals surface area contributed by atoms with E-state index in [0.717, 1.165) is 0 Å². The van der Waals surface area contributed by atoms with E-state index in [1.165, 1.54) is 6.92 Å². The number of aromatic amines is 1. The highest BCUT2D eigenvalue weighted by Crippen LogP contribution is 2.32. The van der Waals surface area contributed by atoms with Crippen LogP contribution < -0.4 is 5.56 Å². The van der Waals surface area contributed by atoms with Gasteiger partial charge in [0.15, 0.2) is 5.69 Å². The summed E-state index contributed by atoms with van der Waals surface area (Å²) in [7, 11) is 0. The second-order valence-electron chi connectivity index (χ2n) is 2.78. The zero-order chi connectivity index (χ0) is 11.8. The number of aromatic nitrogens is 2. The summed E-state index contributed by atoms with van der Waals surface area (Å²) in [5.41, 5.74) is -3.01. The fraction of sp³-hybridized carbons (Fsp3) is 0.250. The van der Waals surface area contributed by atoms with Crippen molar-refractivity contribution in [2.45, 2.75) is 13.1 Å². The highest BCUT2D eigenvalue weighted by Gasteiger charge is 2.37. The summed E-state index contributed by atoms with van der Waals surface area (Å²) in [6.45, 7) is 4.34. The van der Waals surface area contributed by atoms with Gasteiger partial charge in [0.05, 0.1) is 5.56 Å². The quantitative estimate of drug-likeness (QED) is 0.816. The van der Waals surface area contributed by atoms with Gasteiger partial charge in [-0.1, -0.05) is 18.2 Å². The van der Waals surface area contributed by atoms with Gasteiger partial charge in [0.1, 0.15) is 5.82 Å². The van der Waals surface area contributed by atoms with Crippen molar-refractivity contribution in [3.05, 3.63) is 34.0 Å². The maximum atomic E-state index is 12.5. The van der Waals surface area contributed by atoms with Crippen molar-refractivity contribution >= 4 is 16.6 Å². The molecule has 0 saturated carbocycles. The van der Waals surface area contributed by atoms with E-state index in [1.807, 2.05) is 0 Å². The van der Waals surface area contributed by atoms with Crippen LogP contribution in [0.1, 0.15) is 17.1 Å². The fourth-order valence-electron chi connectivity index (χ4n) is 1.04. The lowest BCUT2D eigenvalue weighted by molar-refractivity contribution is -0.141. The summed E-state index contributed by atoms with van der Waals surface area (Å²) in [6, 6.07) is 0. The number of alkyl halides is 3. The van der Waals surface area contributed by atoms with E-state index in [-0.39, 0.29) is 5.82 Å². The fourth-order valence-corrected chi connectivity index (χ4v) is 1.22. The molecule has 0 aromatic carbocycles. The largest absolute Gasteiger partial charge is 0.434 e. The number of H-pyrrole nitrogens is 1. The van der Waals surface area contributed by atoms with E-state index in [9.17, 15) is 18.0 Å². The molecule has 0 spiro atoms. The van der Waals surface area contributed by atoms with Crippen LogP contribution in [-0.2, 0) is 6.18 Å². The average Bonchev–Trinajstić information content (AvgIpc) is 1.99. The Kier molecular flexibility index (Phi) is 2.90. The molecule has 15 heavy (non-hydrogen) atoms. The predicted octanol–water partition coefficient (Wildman–Crippen LogP) is 2.31. The van der Waals surface area contributed by atoms with Gasteiger partial charge in [-0.05, 0) is 6.92 Å². The summed E-state index contributed by atoms with van der Waals surface area (Å²) >= 11 is 5.32. The molecule has 1 N–H and O–H groups in total. The van der Waals surface area contributed by atoms with Crippen LogP contribution in [0.15, 0.2) is 11.4 Å². The summed E-state index contributed by atoms with van der Waals surface area (Å²) in [5, 5.41) is -0.490. The molecular formula is C8H6ClF3N2O. The Morgan fingerprint density at radius 1 is 1.53 bits per heavy atom. The van der Waals surface area contributed by atoms with Gasteiger partial charge in [-0.25, -0.2) is 4.98 Å². The van der Waals surface area contributed by atoms with Crippen LogP contribution in [0.4, 0.5) is 13.2 Å². The van der Waals surface area contributed by atoms with Crippen LogP contribution in [0.3, 0.4) is 0 Å². The minimum Gasteiger partial charge on any atom is -0.310 e. The van der Waals surface area contributed by atoms with Crippen molar-refractivity contribution in [2.24, 2.45) is 0 Å². The molecule has 0 aliphatic rings.